The molecule has 1 aromatic rings. The van der Waals surface area contributed by atoms with Crippen molar-refractivity contribution in [1.82, 2.24) is 5.32 Å². The van der Waals surface area contributed by atoms with E-state index in [1.54, 1.807) is 7.11 Å². The lowest BCUT2D eigenvalue weighted by molar-refractivity contribution is -0.126. The van der Waals surface area contributed by atoms with Gasteiger partial charge in [-0.15, -0.1) is 12.4 Å². The van der Waals surface area contributed by atoms with Crippen molar-refractivity contribution in [2.45, 2.75) is 25.5 Å². The molecule has 2 atom stereocenters. The molecule has 0 spiro atoms. The van der Waals surface area contributed by atoms with Gasteiger partial charge in [0.2, 0.25) is 5.91 Å². The lowest BCUT2D eigenvalue weighted by atomic mass is 10.1. The number of nitrogens with zero attached hydrogens (tertiary/aromatic N) is 1. The van der Waals surface area contributed by atoms with Gasteiger partial charge >= 0.3 is 0 Å². The number of halogens is 1. The van der Waals surface area contributed by atoms with Crippen LogP contribution in [0.1, 0.15) is 12.5 Å². The fourth-order valence-corrected chi connectivity index (χ4v) is 2.91. The number of carbonyl (C=O) groups is 1. The van der Waals surface area contributed by atoms with E-state index < -0.39 is 0 Å². The number of hydrogen-bond acceptors (Lipinski definition) is 4. The standard InChI is InChI=1S/C15H20N2O3.ClH/c1-10-14(16-6-8-20-10)15(18)17-7-5-11-9-12(19-2)3-4-13(11)17;/h3-4,9-10,14,16H,5-8H2,1-2H3;1H/t10-,14+;/m1./s1. The van der Waals surface area contributed by atoms with E-state index in [1.807, 2.05) is 30.0 Å². The molecule has 3 rings (SSSR count). The summed E-state index contributed by atoms with van der Waals surface area (Å²) < 4.78 is 10.8. The van der Waals surface area contributed by atoms with Gasteiger partial charge in [-0.05, 0) is 37.1 Å². The van der Waals surface area contributed by atoms with Gasteiger partial charge in [-0.3, -0.25) is 4.79 Å². The van der Waals surface area contributed by atoms with Crippen LogP contribution in [0.3, 0.4) is 0 Å². The molecule has 1 saturated heterocycles. The smallest absolute Gasteiger partial charge is 0.246 e. The molecule has 0 aromatic heterocycles. The Hall–Kier alpha value is -1.30. The maximum atomic E-state index is 12.7. The number of amides is 1. The third kappa shape index (κ3) is 3.00. The highest BCUT2D eigenvalue weighted by Gasteiger charge is 2.35. The Morgan fingerprint density at radius 1 is 1.48 bits per heavy atom. The maximum absolute atomic E-state index is 12.7. The molecule has 116 valence electrons. The van der Waals surface area contributed by atoms with E-state index in [1.165, 1.54) is 5.56 Å². The Morgan fingerprint density at radius 3 is 3.00 bits per heavy atom. The quantitative estimate of drug-likeness (QED) is 0.896. The van der Waals surface area contributed by atoms with Gasteiger partial charge in [-0.2, -0.15) is 0 Å². The fourth-order valence-electron chi connectivity index (χ4n) is 2.91. The molecule has 0 saturated carbocycles. The first-order valence-corrected chi connectivity index (χ1v) is 7.04. The number of morpholine rings is 1. The summed E-state index contributed by atoms with van der Waals surface area (Å²) in [6.07, 6.45) is 0.791. The summed E-state index contributed by atoms with van der Waals surface area (Å²) >= 11 is 0. The van der Waals surface area contributed by atoms with Gasteiger partial charge in [0.15, 0.2) is 0 Å². The van der Waals surface area contributed by atoms with E-state index in [9.17, 15) is 4.79 Å². The van der Waals surface area contributed by atoms with Crippen LogP contribution in [0, 0.1) is 0 Å². The molecule has 1 N–H and O–H groups in total. The van der Waals surface area contributed by atoms with Crippen LogP contribution < -0.4 is 15.0 Å². The highest BCUT2D eigenvalue weighted by Crippen LogP contribution is 2.32. The van der Waals surface area contributed by atoms with E-state index in [-0.39, 0.29) is 30.5 Å². The highest BCUT2D eigenvalue weighted by molar-refractivity contribution is 5.99. The van der Waals surface area contributed by atoms with Crippen LogP contribution in [0.5, 0.6) is 5.75 Å². The van der Waals surface area contributed by atoms with Crippen LogP contribution in [0.15, 0.2) is 18.2 Å². The van der Waals surface area contributed by atoms with E-state index in [0.29, 0.717) is 6.61 Å². The minimum Gasteiger partial charge on any atom is -0.497 e. The molecule has 0 bridgehead atoms. The number of anilines is 1. The average Bonchev–Trinajstić information content (AvgIpc) is 2.90. The van der Waals surface area contributed by atoms with E-state index in [4.69, 9.17) is 9.47 Å². The summed E-state index contributed by atoms with van der Waals surface area (Å²) in [5, 5.41) is 3.26. The van der Waals surface area contributed by atoms with Crippen molar-refractivity contribution in [2.24, 2.45) is 0 Å². The third-order valence-electron chi connectivity index (χ3n) is 4.03. The SMILES string of the molecule is COc1ccc2c(c1)CCN2C(=O)[C@H]1NCCO[C@@H]1C.Cl. The zero-order valence-corrected chi connectivity index (χ0v) is 13.1. The lowest BCUT2D eigenvalue weighted by Crippen LogP contribution is -2.56. The summed E-state index contributed by atoms with van der Waals surface area (Å²) in [4.78, 5) is 14.5. The Labute approximate surface area is 131 Å². The van der Waals surface area contributed by atoms with E-state index >= 15 is 0 Å². The number of nitrogens with one attached hydrogen (secondary N) is 1. The molecule has 2 aliphatic heterocycles. The molecule has 2 aliphatic rings. The van der Waals surface area contributed by atoms with Crippen molar-refractivity contribution in [3.05, 3.63) is 23.8 Å². The Morgan fingerprint density at radius 2 is 2.29 bits per heavy atom. The Balaban J connectivity index is 0.00000161. The predicted molar refractivity (Wildman–Crippen MR) is 83.5 cm³/mol. The summed E-state index contributed by atoms with van der Waals surface area (Å²) in [7, 11) is 1.66. The molecule has 0 aliphatic carbocycles. The zero-order chi connectivity index (χ0) is 14.1. The number of rotatable bonds is 2. The average molecular weight is 313 g/mol. The van der Waals surface area contributed by atoms with Crippen LogP contribution in [-0.2, 0) is 16.0 Å². The third-order valence-corrected chi connectivity index (χ3v) is 4.03. The fraction of sp³-hybridized carbons (Fsp3) is 0.533. The van der Waals surface area contributed by atoms with Crippen molar-refractivity contribution in [3.63, 3.8) is 0 Å². The Kier molecular flexibility index (Phi) is 5.08. The second-order valence-electron chi connectivity index (χ2n) is 5.24. The van der Waals surface area contributed by atoms with Gasteiger partial charge in [-0.25, -0.2) is 0 Å². The maximum Gasteiger partial charge on any atom is 0.246 e. The van der Waals surface area contributed by atoms with Crippen molar-refractivity contribution < 1.29 is 14.3 Å². The molecule has 6 heteroatoms. The van der Waals surface area contributed by atoms with Crippen LogP contribution in [0.2, 0.25) is 0 Å². The Bertz CT molecular complexity index is 524. The molecule has 1 amide bonds. The monoisotopic (exact) mass is 312 g/mol. The molecule has 1 aromatic carbocycles. The molecule has 1 fully saturated rings. The zero-order valence-electron chi connectivity index (χ0n) is 12.3. The first kappa shape index (κ1) is 16.1. The molecular weight excluding hydrogens is 292 g/mol. The van der Waals surface area contributed by atoms with Crippen molar-refractivity contribution >= 4 is 24.0 Å². The first-order chi connectivity index (χ1) is 9.70. The summed E-state index contributed by atoms with van der Waals surface area (Å²) in [5.41, 5.74) is 2.16. The van der Waals surface area contributed by atoms with Gasteiger partial charge in [0.1, 0.15) is 11.8 Å². The van der Waals surface area contributed by atoms with E-state index in [0.717, 1.165) is 30.9 Å². The van der Waals surface area contributed by atoms with Gasteiger partial charge in [0.25, 0.3) is 0 Å². The van der Waals surface area contributed by atoms with Crippen LogP contribution in [0.4, 0.5) is 5.69 Å². The van der Waals surface area contributed by atoms with Gasteiger partial charge in [-0.1, -0.05) is 0 Å². The molecule has 21 heavy (non-hydrogen) atoms. The number of methoxy groups -OCH3 is 1. The minimum atomic E-state index is -0.253. The highest BCUT2D eigenvalue weighted by atomic mass is 35.5. The molecule has 2 heterocycles. The number of ether oxygens (including phenoxy) is 2. The molecular formula is C15H21ClN2O3. The summed E-state index contributed by atoms with van der Waals surface area (Å²) in [5.74, 6) is 0.937. The molecule has 0 unspecified atom stereocenters. The van der Waals surface area contributed by atoms with Crippen molar-refractivity contribution in [1.29, 1.82) is 0 Å². The summed E-state index contributed by atoms with van der Waals surface area (Å²) in [6, 6.07) is 5.62. The summed E-state index contributed by atoms with van der Waals surface area (Å²) in [6.45, 7) is 4.06. The largest absolute Gasteiger partial charge is 0.497 e. The van der Waals surface area contributed by atoms with Crippen molar-refractivity contribution in [2.75, 3.05) is 31.7 Å². The van der Waals surface area contributed by atoms with Crippen molar-refractivity contribution in [3.8, 4) is 5.75 Å². The van der Waals surface area contributed by atoms with Crippen LogP contribution in [-0.4, -0.2) is 44.9 Å². The lowest BCUT2D eigenvalue weighted by Gasteiger charge is -2.32. The number of benzene rings is 1. The topological polar surface area (TPSA) is 50.8 Å². The number of fused-ring (bicyclic) bond motifs is 1. The van der Waals surface area contributed by atoms with E-state index in [2.05, 4.69) is 5.32 Å². The van der Waals surface area contributed by atoms with Gasteiger partial charge in [0.05, 0.1) is 19.8 Å². The molecule has 0 radical (unpaired) electrons. The number of carbonyl (C=O) groups excluding carboxylic acids is 1. The van der Waals surface area contributed by atoms with Crippen LogP contribution >= 0.6 is 12.4 Å². The van der Waals surface area contributed by atoms with Gasteiger partial charge < -0.3 is 19.7 Å². The molecule has 5 nitrogen and oxygen atoms in total. The second-order valence-corrected chi connectivity index (χ2v) is 5.24. The van der Waals surface area contributed by atoms with Crippen LogP contribution in [0.25, 0.3) is 0 Å². The normalized spacial score (nSPS) is 24.2. The minimum absolute atomic E-state index is 0. The first-order valence-electron chi connectivity index (χ1n) is 7.04. The van der Waals surface area contributed by atoms with Gasteiger partial charge in [0, 0.05) is 18.8 Å². The second kappa shape index (κ2) is 6.64. The number of hydrogen-bond donors (Lipinski definition) is 1. The predicted octanol–water partition coefficient (Wildman–Crippen LogP) is 1.38.